The highest BCUT2D eigenvalue weighted by molar-refractivity contribution is 9.10. The molecule has 0 aliphatic rings. The van der Waals surface area contributed by atoms with Gasteiger partial charge in [-0.2, -0.15) is 0 Å². The van der Waals surface area contributed by atoms with E-state index in [0.29, 0.717) is 10.0 Å². The summed E-state index contributed by atoms with van der Waals surface area (Å²) >= 11 is 3.18. The van der Waals surface area contributed by atoms with Crippen molar-refractivity contribution in [3.05, 3.63) is 69.2 Å². The van der Waals surface area contributed by atoms with E-state index < -0.39 is 11.6 Å². The Balaban J connectivity index is 2.47. The maximum Gasteiger partial charge on any atom is 0.196 e. The molecule has 18 heavy (non-hydrogen) atoms. The lowest BCUT2D eigenvalue weighted by atomic mass is 10.0. The van der Waals surface area contributed by atoms with E-state index in [4.69, 9.17) is 0 Å². The van der Waals surface area contributed by atoms with Gasteiger partial charge in [0.1, 0.15) is 11.6 Å². The first-order chi connectivity index (χ1) is 8.49. The average molecular weight is 311 g/mol. The molecule has 0 aliphatic heterocycles. The number of aryl methyl sites for hydroxylation is 1. The van der Waals surface area contributed by atoms with Gasteiger partial charge in [-0.15, -0.1) is 0 Å². The van der Waals surface area contributed by atoms with Crippen LogP contribution in [0.2, 0.25) is 0 Å². The predicted octanol–water partition coefficient (Wildman–Crippen LogP) is 4.27. The highest BCUT2D eigenvalue weighted by atomic mass is 79.9. The van der Waals surface area contributed by atoms with Crippen molar-refractivity contribution in [2.45, 2.75) is 6.92 Å². The summed E-state index contributed by atoms with van der Waals surface area (Å²) in [4.78, 5) is 12.1. The second-order valence-electron chi connectivity index (χ2n) is 3.92. The summed E-state index contributed by atoms with van der Waals surface area (Å²) in [5.74, 6) is -1.44. The van der Waals surface area contributed by atoms with Gasteiger partial charge in [-0.25, -0.2) is 8.78 Å². The number of ketones is 1. The van der Waals surface area contributed by atoms with E-state index in [2.05, 4.69) is 15.9 Å². The monoisotopic (exact) mass is 310 g/mol. The smallest absolute Gasteiger partial charge is 0.196 e. The van der Waals surface area contributed by atoms with Crippen molar-refractivity contribution in [2.75, 3.05) is 0 Å². The summed E-state index contributed by atoms with van der Waals surface area (Å²) in [5.41, 5.74) is 0.595. The topological polar surface area (TPSA) is 17.1 Å². The summed E-state index contributed by atoms with van der Waals surface area (Å²) in [6.07, 6.45) is 0. The van der Waals surface area contributed by atoms with Crippen LogP contribution in [0.3, 0.4) is 0 Å². The number of carbonyl (C=O) groups is 1. The first kappa shape index (κ1) is 12.9. The fourth-order valence-corrected chi connectivity index (χ4v) is 1.97. The molecule has 0 spiro atoms. The highest BCUT2D eigenvalue weighted by Gasteiger charge is 2.15. The molecular formula is C14H9BrF2O. The minimum atomic E-state index is -0.592. The molecule has 0 saturated carbocycles. The lowest BCUT2D eigenvalue weighted by Gasteiger charge is -2.05. The molecule has 2 aromatic carbocycles. The zero-order chi connectivity index (χ0) is 13.3. The molecule has 1 nitrogen and oxygen atoms in total. The minimum absolute atomic E-state index is 0.0321. The van der Waals surface area contributed by atoms with Gasteiger partial charge in [0.25, 0.3) is 0 Å². The van der Waals surface area contributed by atoms with Crippen molar-refractivity contribution in [3.63, 3.8) is 0 Å². The molecule has 0 N–H and O–H groups in total. The summed E-state index contributed by atoms with van der Waals surface area (Å²) in [7, 11) is 0. The number of halogens is 3. The molecule has 0 radical (unpaired) electrons. The normalized spacial score (nSPS) is 10.4. The number of hydrogen-bond acceptors (Lipinski definition) is 1. The van der Waals surface area contributed by atoms with E-state index in [1.807, 2.05) is 0 Å². The van der Waals surface area contributed by atoms with Gasteiger partial charge in [0, 0.05) is 10.0 Å². The van der Waals surface area contributed by atoms with Gasteiger partial charge in [0.2, 0.25) is 0 Å². The maximum atomic E-state index is 13.6. The third kappa shape index (κ3) is 2.48. The van der Waals surface area contributed by atoms with Crippen LogP contribution in [0.1, 0.15) is 21.5 Å². The van der Waals surface area contributed by atoms with Crippen molar-refractivity contribution in [1.29, 1.82) is 0 Å². The van der Waals surface area contributed by atoms with Crippen LogP contribution in [-0.2, 0) is 0 Å². The van der Waals surface area contributed by atoms with Gasteiger partial charge < -0.3 is 0 Å². The quantitative estimate of drug-likeness (QED) is 0.757. The van der Waals surface area contributed by atoms with E-state index >= 15 is 0 Å². The van der Waals surface area contributed by atoms with Crippen LogP contribution in [0.25, 0.3) is 0 Å². The summed E-state index contributed by atoms with van der Waals surface area (Å²) in [6.45, 7) is 1.56. The first-order valence-corrected chi connectivity index (χ1v) is 6.04. The Morgan fingerprint density at radius 1 is 1.06 bits per heavy atom. The SMILES string of the molecule is Cc1cc(C(=O)c2cc(Br)ccc2F)ccc1F. The number of benzene rings is 2. The molecule has 4 heteroatoms. The van der Waals surface area contributed by atoms with E-state index in [1.54, 1.807) is 6.92 Å². The molecule has 0 heterocycles. The first-order valence-electron chi connectivity index (χ1n) is 5.25. The maximum absolute atomic E-state index is 13.6. The van der Waals surface area contributed by atoms with Crippen molar-refractivity contribution in [3.8, 4) is 0 Å². The zero-order valence-corrected chi connectivity index (χ0v) is 11.1. The summed E-state index contributed by atoms with van der Waals surface area (Å²) in [5, 5.41) is 0. The Morgan fingerprint density at radius 3 is 2.39 bits per heavy atom. The fraction of sp³-hybridized carbons (Fsp3) is 0.0714. The van der Waals surface area contributed by atoms with Gasteiger partial charge in [0.05, 0.1) is 5.56 Å². The molecule has 0 aliphatic carbocycles. The molecule has 2 rings (SSSR count). The Bertz CT molecular complexity index is 623. The molecule has 0 bridgehead atoms. The Hall–Kier alpha value is -1.55. The van der Waals surface area contributed by atoms with Gasteiger partial charge in [0.15, 0.2) is 5.78 Å². The predicted molar refractivity (Wildman–Crippen MR) is 68.7 cm³/mol. The van der Waals surface area contributed by atoms with Crippen LogP contribution in [0.4, 0.5) is 8.78 Å². The fourth-order valence-electron chi connectivity index (χ4n) is 1.61. The molecule has 0 amide bonds. The van der Waals surface area contributed by atoms with E-state index in [-0.39, 0.29) is 16.9 Å². The van der Waals surface area contributed by atoms with Gasteiger partial charge >= 0.3 is 0 Å². The second-order valence-corrected chi connectivity index (χ2v) is 4.83. The molecule has 0 aromatic heterocycles. The van der Waals surface area contributed by atoms with Crippen LogP contribution in [-0.4, -0.2) is 5.78 Å². The van der Waals surface area contributed by atoms with Crippen molar-refractivity contribution >= 4 is 21.7 Å². The van der Waals surface area contributed by atoms with Crippen LogP contribution < -0.4 is 0 Å². The molecule has 0 atom stereocenters. The largest absolute Gasteiger partial charge is 0.288 e. The molecular weight excluding hydrogens is 302 g/mol. The van der Waals surface area contributed by atoms with E-state index in [1.165, 1.54) is 36.4 Å². The zero-order valence-electron chi connectivity index (χ0n) is 9.51. The van der Waals surface area contributed by atoms with Gasteiger partial charge in [-0.1, -0.05) is 15.9 Å². The lowest BCUT2D eigenvalue weighted by Crippen LogP contribution is -2.05. The Morgan fingerprint density at radius 2 is 1.72 bits per heavy atom. The number of hydrogen-bond donors (Lipinski definition) is 0. The Labute approximate surface area is 112 Å². The van der Waals surface area contributed by atoms with Crippen LogP contribution in [0, 0.1) is 18.6 Å². The van der Waals surface area contributed by atoms with Crippen molar-refractivity contribution in [1.82, 2.24) is 0 Å². The van der Waals surface area contributed by atoms with Crippen LogP contribution in [0.15, 0.2) is 40.9 Å². The molecule has 92 valence electrons. The summed E-state index contributed by atoms with van der Waals surface area (Å²) < 4.78 is 27.3. The number of rotatable bonds is 2. The third-order valence-electron chi connectivity index (χ3n) is 2.59. The summed E-state index contributed by atoms with van der Waals surface area (Å²) in [6, 6.07) is 8.12. The third-order valence-corrected chi connectivity index (χ3v) is 3.09. The van der Waals surface area contributed by atoms with Crippen LogP contribution >= 0.6 is 15.9 Å². The van der Waals surface area contributed by atoms with E-state index in [9.17, 15) is 13.6 Å². The molecule has 2 aromatic rings. The highest BCUT2D eigenvalue weighted by Crippen LogP contribution is 2.20. The van der Waals surface area contributed by atoms with Gasteiger partial charge in [-0.05, 0) is 48.9 Å². The van der Waals surface area contributed by atoms with Crippen LogP contribution in [0.5, 0.6) is 0 Å². The van der Waals surface area contributed by atoms with Crippen molar-refractivity contribution in [2.24, 2.45) is 0 Å². The standard InChI is InChI=1S/C14H9BrF2O/c1-8-6-9(2-4-12(8)16)14(18)11-7-10(15)3-5-13(11)17/h2-7H,1H3. The second kappa shape index (κ2) is 4.98. The molecule has 0 unspecified atom stereocenters. The molecule has 0 saturated heterocycles. The van der Waals surface area contributed by atoms with Crippen molar-refractivity contribution < 1.29 is 13.6 Å². The van der Waals surface area contributed by atoms with Gasteiger partial charge in [-0.3, -0.25) is 4.79 Å². The lowest BCUT2D eigenvalue weighted by molar-refractivity contribution is 0.103. The average Bonchev–Trinajstić information content (AvgIpc) is 2.35. The minimum Gasteiger partial charge on any atom is -0.288 e. The molecule has 0 fully saturated rings. The number of carbonyl (C=O) groups excluding carboxylic acids is 1. The Kier molecular flexibility index (Phi) is 3.57. The van der Waals surface area contributed by atoms with E-state index in [0.717, 1.165) is 0 Å².